The molecule has 78 valence electrons. The van der Waals surface area contributed by atoms with Gasteiger partial charge in [0.25, 0.3) is 0 Å². The molecule has 0 saturated heterocycles. The summed E-state index contributed by atoms with van der Waals surface area (Å²) in [5.41, 5.74) is 0. The molecule has 0 bridgehead atoms. The SMILES string of the molecule is CN(CC1CCCC1F)S(=O)(=O)[O-].[Li+]. The number of hydrogen-bond donors (Lipinski definition) is 0. The fraction of sp³-hybridized carbons (Fsp3) is 1.00. The largest absolute Gasteiger partial charge is 1.00 e. The van der Waals surface area contributed by atoms with E-state index in [4.69, 9.17) is 0 Å². The fourth-order valence-electron chi connectivity index (χ4n) is 1.62. The zero-order chi connectivity index (χ0) is 10.1. The van der Waals surface area contributed by atoms with Gasteiger partial charge in [-0.05, 0) is 12.8 Å². The minimum atomic E-state index is -4.40. The van der Waals surface area contributed by atoms with Gasteiger partial charge in [0, 0.05) is 19.5 Å². The van der Waals surface area contributed by atoms with Gasteiger partial charge in [0.15, 0.2) is 10.3 Å². The van der Waals surface area contributed by atoms with Crippen LogP contribution >= 0.6 is 0 Å². The van der Waals surface area contributed by atoms with Crippen molar-refractivity contribution in [1.29, 1.82) is 0 Å². The first-order valence-corrected chi connectivity index (χ1v) is 5.59. The van der Waals surface area contributed by atoms with Crippen molar-refractivity contribution in [2.45, 2.75) is 25.4 Å². The van der Waals surface area contributed by atoms with Crippen LogP contribution in [-0.2, 0) is 10.3 Å². The molecule has 7 heteroatoms. The van der Waals surface area contributed by atoms with E-state index in [1.165, 1.54) is 7.05 Å². The Kier molecular flexibility index (Phi) is 5.63. The fourth-order valence-corrected chi connectivity index (χ4v) is 1.99. The Morgan fingerprint density at radius 3 is 2.43 bits per heavy atom. The Morgan fingerprint density at radius 1 is 1.50 bits per heavy atom. The number of nitrogens with zero attached hydrogens (tertiary/aromatic N) is 1. The first-order chi connectivity index (χ1) is 5.91. The van der Waals surface area contributed by atoms with Crippen LogP contribution < -0.4 is 18.9 Å². The van der Waals surface area contributed by atoms with Crippen molar-refractivity contribution in [3.05, 3.63) is 0 Å². The first-order valence-electron chi connectivity index (χ1n) is 4.22. The Balaban J connectivity index is 0.00000169. The predicted molar refractivity (Wildman–Crippen MR) is 44.6 cm³/mol. The molecule has 0 spiro atoms. The summed E-state index contributed by atoms with van der Waals surface area (Å²) < 4.78 is 45.1. The van der Waals surface area contributed by atoms with Crippen molar-refractivity contribution < 1.29 is 36.2 Å². The Bertz CT molecular complexity index is 272. The number of halogens is 1. The van der Waals surface area contributed by atoms with Gasteiger partial charge in [-0.3, -0.25) is 0 Å². The van der Waals surface area contributed by atoms with Crippen molar-refractivity contribution in [2.24, 2.45) is 5.92 Å². The Labute approximate surface area is 95.9 Å². The van der Waals surface area contributed by atoms with Gasteiger partial charge < -0.3 is 4.55 Å². The van der Waals surface area contributed by atoms with Crippen molar-refractivity contribution in [1.82, 2.24) is 4.31 Å². The zero-order valence-electron chi connectivity index (χ0n) is 8.44. The molecule has 0 aliphatic heterocycles. The van der Waals surface area contributed by atoms with Crippen molar-refractivity contribution in [3.63, 3.8) is 0 Å². The van der Waals surface area contributed by atoms with Crippen molar-refractivity contribution in [3.8, 4) is 0 Å². The minimum Gasteiger partial charge on any atom is -0.735 e. The number of hydrogen-bond acceptors (Lipinski definition) is 3. The van der Waals surface area contributed by atoms with Gasteiger partial charge in [-0.25, -0.2) is 17.1 Å². The van der Waals surface area contributed by atoms with Gasteiger partial charge in [-0.15, -0.1) is 0 Å². The molecular formula is C7H13FLiNO3S. The normalized spacial score (nSPS) is 27.7. The molecule has 14 heavy (non-hydrogen) atoms. The summed E-state index contributed by atoms with van der Waals surface area (Å²) in [5.74, 6) is -0.297. The Hall–Kier alpha value is 0.397. The summed E-state index contributed by atoms with van der Waals surface area (Å²) in [6, 6.07) is 0. The third-order valence-electron chi connectivity index (χ3n) is 2.44. The van der Waals surface area contributed by atoms with Crippen LogP contribution in [0.25, 0.3) is 0 Å². The molecular weight excluding hydrogens is 204 g/mol. The zero-order valence-corrected chi connectivity index (χ0v) is 9.26. The summed E-state index contributed by atoms with van der Waals surface area (Å²) in [4.78, 5) is 0. The van der Waals surface area contributed by atoms with Crippen LogP contribution in [0.15, 0.2) is 0 Å². The summed E-state index contributed by atoms with van der Waals surface area (Å²) in [5, 5.41) is 0. The molecule has 0 N–H and O–H groups in total. The van der Waals surface area contributed by atoms with Crippen LogP contribution in [0.2, 0.25) is 0 Å². The van der Waals surface area contributed by atoms with E-state index < -0.39 is 16.5 Å². The first kappa shape index (κ1) is 14.4. The minimum absolute atomic E-state index is 0. The van der Waals surface area contributed by atoms with Crippen molar-refractivity contribution in [2.75, 3.05) is 13.6 Å². The van der Waals surface area contributed by atoms with E-state index in [1.54, 1.807) is 0 Å². The van der Waals surface area contributed by atoms with Crippen LogP contribution in [0.5, 0.6) is 0 Å². The van der Waals surface area contributed by atoms with Crippen LogP contribution in [-0.4, -0.2) is 37.0 Å². The smallest absolute Gasteiger partial charge is 0.735 e. The van der Waals surface area contributed by atoms with Gasteiger partial charge in [0.2, 0.25) is 0 Å². The molecule has 0 aromatic rings. The standard InChI is InChI=1S/C7H14FNO3S.Li/c1-9(13(10,11)12)5-6-3-2-4-7(6)8;/h6-7H,2-5H2,1H3,(H,10,11,12);/q;+1/p-1. The molecule has 1 fully saturated rings. The van der Waals surface area contributed by atoms with Crippen LogP contribution in [0, 0.1) is 5.92 Å². The molecule has 2 unspecified atom stereocenters. The average Bonchev–Trinajstić information content (AvgIpc) is 2.34. The van der Waals surface area contributed by atoms with E-state index in [0.717, 1.165) is 6.42 Å². The Morgan fingerprint density at radius 2 is 2.07 bits per heavy atom. The van der Waals surface area contributed by atoms with Gasteiger partial charge in [-0.1, -0.05) is 6.42 Å². The number of alkyl halides is 1. The monoisotopic (exact) mass is 217 g/mol. The molecule has 4 nitrogen and oxygen atoms in total. The molecule has 1 rings (SSSR count). The van der Waals surface area contributed by atoms with Gasteiger partial charge in [0.05, 0.1) is 0 Å². The topological polar surface area (TPSA) is 60.4 Å². The molecule has 0 radical (unpaired) electrons. The second-order valence-corrected chi connectivity index (χ2v) is 4.92. The third-order valence-corrected chi connectivity index (χ3v) is 3.35. The quantitative estimate of drug-likeness (QED) is 0.388. The van der Waals surface area contributed by atoms with Crippen LogP contribution in [0.4, 0.5) is 4.39 Å². The number of rotatable bonds is 3. The average molecular weight is 217 g/mol. The molecule has 0 aromatic heterocycles. The predicted octanol–water partition coefficient (Wildman–Crippen LogP) is -2.48. The maximum absolute atomic E-state index is 13.0. The second-order valence-electron chi connectivity index (χ2n) is 3.45. The maximum Gasteiger partial charge on any atom is 1.00 e. The molecule has 1 saturated carbocycles. The molecule has 0 heterocycles. The summed E-state index contributed by atoms with van der Waals surface area (Å²) in [7, 11) is -3.21. The molecule has 1 aliphatic carbocycles. The molecule has 0 aromatic carbocycles. The van der Waals surface area contributed by atoms with Crippen molar-refractivity contribution >= 4 is 10.3 Å². The van der Waals surface area contributed by atoms with Crippen LogP contribution in [0.1, 0.15) is 19.3 Å². The van der Waals surface area contributed by atoms with E-state index in [2.05, 4.69) is 0 Å². The summed E-state index contributed by atoms with van der Waals surface area (Å²) in [6.45, 7) is 0.00694. The molecule has 2 atom stereocenters. The van der Waals surface area contributed by atoms with Crippen LogP contribution in [0.3, 0.4) is 0 Å². The molecule has 1 aliphatic rings. The summed E-state index contributed by atoms with van der Waals surface area (Å²) >= 11 is 0. The summed E-state index contributed by atoms with van der Waals surface area (Å²) in [6.07, 6.45) is 0.973. The van der Waals surface area contributed by atoms with E-state index in [9.17, 15) is 17.4 Å². The van der Waals surface area contributed by atoms with E-state index in [1.807, 2.05) is 0 Å². The maximum atomic E-state index is 13.0. The van der Waals surface area contributed by atoms with E-state index >= 15 is 0 Å². The second kappa shape index (κ2) is 5.47. The van der Waals surface area contributed by atoms with Gasteiger partial charge in [-0.2, -0.15) is 0 Å². The van der Waals surface area contributed by atoms with E-state index in [-0.39, 0.29) is 31.3 Å². The molecule has 0 amide bonds. The van der Waals surface area contributed by atoms with E-state index in [0.29, 0.717) is 17.1 Å². The van der Waals surface area contributed by atoms with Gasteiger partial charge >= 0.3 is 18.9 Å². The third kappa shape index (κ3) is 3.87. The van der Waals surface area contributed by atoms with Gasteiger partial charge in [0.1, 0.15) is 6.17 Å².